The third-order valence-corrected chi connectivity index (χ3v) is 81.4. The third-order valence-electron chi connectivity index (χ3n) is 22.3. The van der Waals surface area contributed by atoms with Gasteiger partial charge >= 0.3 is 222 Å². The zero-order chi connectivity index (χ0) is 26.0. The van der Waals surface area contributed by atoms with Crippen molar-refractivity contribution in [1.82, 2.24) is 10.6 Å². The van der Waals surface area contributed by atoms with E-state index in [1.807, 2.05) is 0 Å². The Bertz CT molecular complexity index is 1580. The summed E-state index contributed by atoms with van der Waals surface area (Å²) in [5, 5.41) is 9.95. The van der Waals surface area contributed by atoms with Crippen LogP contribution in [-0.2, 0) is 6.51 Å². The van der Waals surface area contributed by atoms with E-state index >= 15 is 0 Å². The molecule has 12 aliphatic heterocycles. The van der Waals surface area contributed by atoms with Crippen LogP contribution in [0.25, 0.3) is 0 Å². The average Bonchev–Trinajstić information content (AvgIpc) is 3.61. The van der Waals surface area contributed by atoms with Crippen LogP contribution in [0.4, 0.5) is 0 Å². The maximum absolute atomic E-state index is 4.27. The SMILES string of the molecule is CC(C)(C)P(C[C]12[CH]3[C]4([Si](C)(C)C)[CH]5[C]1(C(P)(C1CCCN1)C1CCCN1)[Fe]35241678[CH]2[CH]1[CH]6[CH]7[CH]28)C(C)(C)C. The summed E-state index contributed by atoms with van der Waals surface area (Å²) in [4.78, 5) is 9.59. The molecular formula is C31H54FeN2P2Si. The second-order valence-electron chi connectivity index (χ2n) is 21.4. The van der Waals surface area contributed by atoms with Crippen LogP contribution >= 0.6 is 17.2 Å². The molecular weight excluding hydrogens is 546 g/mol. The van der Waals surface area contributed by atoms with E-state index in [-0.39, 0.29) is 7.92 Å². The molecule has 210 valence electrons. The van der Waals surface area contributed by atoms with Gasteiger partial charge in [0.15, 0.2) is 0 Å². The van der Waals surface area contributed by atoms with Crippen molar-refractivity contribution in [3.8, 4) is 0 Å². The summed E-state index contributed by atoms with van der Waals surface area (Å²) in [6.45, 7) is 23.3. The molecule has 0 amide bonds. The number of fused-ring (bicyclic) bond motifs is 10. The molecule has 12 rings (SSSR count). The summed E-state index contributed by atoms with van der Waals surface area (Å²) in [6.07, 6.45) is 7.51. The number of hydrogen-bond donors (Lipinski definition) is 2. The molecule has 0 radical (unpaired) electrons. The van der Waals surface area contributed by atoms with Gasteiger partial charge in [-0.25, -0.2) is 0 Å². The quantitative estimate of drug-likeness (QED) is 0.236. The van der Waals surface area contributed by atoms with Crippen LogP contribution in [0.2, 0.25) is 65.9 Å². The minimum absolute atomic E-state index is 0.0101. The van der Waals surface area contributed by atoms with Crippen molar-refractivity contribution in [3.63, 3.8) is 0 Å². The topological polar surface area (TPSA) is 24.1 Å². The van der Waals surface area contributed by atoms with E-state index in [0.29, 0.717) is 15.5 Å². The normalized spacial score (nSPS) is 77.0. The van der Waals surface area contributed by atoms with Crippen molar-refractivity contribution in [2.75, 3.05) is 19.3 Å². The Hall–Kier alpha value is 1.52. The van der Waals surface area contributed by atoms with E-state index < -0.39 is 14.6 Å². The van der Waals surface area contributed by atoms with Crippen molar-refractivity contribution >= 4 is 25.2 Å². The minimum atomic E-state index is -3.89. The van der Waals surface area contributed by atoms with Crippen LogP contribution in [0, 0.1) is 0 Å². The molecule has 12 heterocycles. The first-order chi connectivity index (χ1) is 16.9. The Morgan fingerprint density at radius 3 is 1.59 bits per heavy atom. The molecule has 12 fully saturated rings. The molecule has 0 saturated carbocycles. The van der Waals surface area contributed by atoms with Gasteiger partial charge in [-0.1, -0.05) is 0 Å². The Morgan fingerprint density at radius 2 is 1.27 bits per heavy atom. The Morgan fingerprint density at radius 1 is 0.811 bits per heavy atom. The molecule has 0 bridgehead atoms. The predicted molar refractivity (Wildman–Crippen MR) is 163 cm³/mol. The summed E-state index contributed by atoms with van der Waals surface area (Å²) >= 11 is 0. The second kappa shape index (κ2) is 3.08. The van der Waals surface area contributed by atoms with Gasteiger partial charge < -0.3 is 0 Å². The summed E-state index contributed by atoms with van der Waals surface area (Å²) in [6, 6.07) is 1.55. The predicted octanol–water partition coefficient (Wildman–Crippen LogP) is 8.56. The molecule has 2 nitrogen and oxygen atoms in total. The van der Waals surface area contributed by atoms with Gasteiger partial charge in [0.2, 0.25) is 0 Å². The molecule has 0 aromatic carbocycles. The van der Waals surface area contributed by atoms with E-state index in [9.17, 15) is 0 Å². The van der Waals surface area contributed by atoms with Crippen molar-refractivity contribution < 1.29 is 6.51 Å². The molecule has 6 heteroatoms. The molecule has 0 aromatic rings. The summed E-state index contributed by atoms with van der Waals surface area (Å²) in [5.74, 6) is 0. The van der Waals surface area contributed by atoms with Crippen LogP contribution in [-0.4, -0.2) is 54.9 Å². The fourth-order valence-corrected chi connectivity index (χ4v) is 142. The molecule has 0 aromatic heterocycles. The van der Waals surface area contributed by atoms with E-state index in [2.05, 4.69) is 81.1 Å². The second-order valence-corrected chi connectivity index (χ2v) is 55.0. The van der Waals surface area contributed by atoms with Crippen LogP contribution in [0.15, 0.2) is 0 Å². The molecule has 8 atom stereocenters. The van der Waals surface area contributed by atoms with Gasteiger partial charge in [-0.2, -0.15) is 0 Å². The average molecular weight is 601 g/mol. The molecule has 8 unspecified atom stereocenters. The van der Waals surface area contributed by atoms with Crippen molar-refractivity contribution in [2.45, 2.75) is 161 Å². The van der Waals surface area contributed by atoms with Gasteiger partial charge in [-0.15, -0.1) is 0 Å². The standard InChI is InChI=1S/C26H49N2P2Si.C5H5.Fe/c1-24(2,3)30(25(4,5)6)18-19-16-20(31(7,8)9)17-21(19)26(29,22-12-10-14-27-22)23-13-11-15-28-23;1-2-4-5-3-1;/h16-17,22-23,27-28H,10-15,18,29H2,1-9H3;1-5H;. The number of hydrogen-bond acceptors (Lipinski definition) is 2. The van der Waals surface area contributed by atoms with E-state index in [1.54, 1.807) is 6.16 Å². The fraction of sp³-hybridized carbons (Fsp3) is 1.00. The van der Waals surface area contributed by atoms with Gasteiger partial charge in [0.05, 0.1) is 0 Å². The van der Waals surface area contributed by atoms with Gasteiger partial charge in [-0.3, -0.25) is 0 Å². The molecule has 0 aliphatic carbocycles. The zero-order valence-corrected chi connectivity index (χ0v) is 29.2. The van der Waals surface area contributed by atoms with Crippen molar-refractivity contribution in [3.05, 3.63) is 0 Å². The first kappa shape index (κ1) is 22.1. The Labute approximate surface area is 221 Å². The third kappa shape index (κ3) is 0.517. The fourth-order valence-electron chi connectivity index (χ4n) is 25.8. The molecule has 2 N–H and O–H groups in total. The summed E-state index contributed by atoms with van der Waals surface area (Å²) in [7, 11) is 2.66. The molecule has 37 heavy (non-hydrogen) atoms. The van der Waals surface area contributed by atoms with Crippen molar-refractivity contribution in [1.29, 1.82) is 0 Å². The van der Waals surface area contributed by atoms with Crippen molar-refractivity contribution in [2.24, 2.45) is 0 Å². The molecule has 12 aliphatic rings. The van der Waals surface area contributed by atoms with E-state index in [0.717, 1.165) is 24.6 Å². The van der Waals surface area contributed by atoms with Crippen LogP contribution < -0.4 is 10.6 Å². The van der Waals surface area contributed by atoms with Gasteiger partial charge in [-0.05, 0) is 0 Å². The first-order valence-corrected chi connectivity index (χ1v) is 27.8. The summed E-state index contributed by atoms with van der Waals surface area (Å²) in [5.41, 5.74) is 0. The maximum atomic E-state index is 4.27. The number of nitrogens with one attached hydrogen (secondary N) is 2. The van der Waals surface area contributed by atoms with Gasteiger partial charge in [0.1, 0.15) is 0 Å². The molecule has 12 saturated heterocycles. The zero-order valence-electron chi connectivity index (χ0n) is 25.0. The Balaban J connectivity index is 1.20. The van der Waals surface area contributed by atoms with E-state index in [1.165, 1.54) is 72.5 Å². The Kier molecular flexibility index (Phi) is 1.84. The first-order valence-electron chi connectivity index (χ1n) is 16.1. The summed E-state index contributed by atoms with van der Waals surface area (Å²) < 4.78 is 2.79. The van der Waals surface area contributed by atoms with E-state index in [4.69, 9.17) is 0 Å². The molecule has 1 spiro atoms. The van der Waals surface area contributed by atoms with Gasteiger partial charge in [0, 0.05) is 0 Å². The monoisotopic (exact) mass is 600 g/mol. The van der Waals surface area contributed by atoms with Crippen LogP contribution in [0.3, 0.4) is 0 Å². The van der Waals surface area contributed by atoms with Crippen LogP contribution in [0.5, 0.6) is 0 Å². The van der Waals surface area contributed by atoms with Gasteiger partial charge in [0.25, 0.3) is 0 Å². The van der Waals surface area contributed by atoms with Crippen LogP contribution in [0.1, 0.15) is 67.2 Å². The number of rotatable bonds is 6.